The normalized spacial score (nSPS) is 14.2. The monoisotopic (exact) mass is 220 g/mol. The molecule has 0 aliphatic heterocycles. The molecule has 1 aromatic heterocycles. The van der Waals surface area contributed by atoms with Gasteiger partial charge in [-0.25, -0.2) is 9.97 Å². The summed E-state index contributed by atoms with van der Waals surface area (Å²) in [6, 6.07) is 0.392. The molecule has 0 spiro atoms. The largest absolute Gasteiger partial charge is 0.337 e. The van der Waals surface area contributed by atoms with Crippen molar-refractivity contribution >= 4 is 5.95 Å². The van der Waals surface area contributed by atoms with E-state index in [1.54, 1.807) is 0 Å². The minimum Gasteiger partial charge on any atom is -0.337 e. The summed E-state index contributed by atoms with van der Waals surface area (Å²) in [4.78, 5) is 11.3. The van der Waals surface area contributed by atoms with Crippen molar-refractivity contribution in [2.45, 2.75) is 39.2 Å². The lowest BCUT2D eigenvalue weighted by molar-refractivity contribution is 0.661. The summed E-state index contributed by atoms with van der Waals surface area (Å²) in [6.45, 7) is 5.74. The van der Waals surface area contributed by atoms with Crippen LogP contribution in [0.3, 0.4) is 0 Å². The van der Waals surface area contributed by atoms with Gasteiger partial charge in [0, 0.05) is 31.0 Å². The lowest BCUT2D eigenvalue weighted by atomic mass is 10.3. The summed E-state index contributed by atoms with van der Waals surface area (Å²) in [5.74, 6) is 0.834. The molecule has 0 radical (unpaired) electrons. The average molecular weight is 220 g/mol. The molecule has 2 rings (SSSR count). The number of rotatable bonds is 4. The Bertz CT molecular complexity index is 362. The summed E-state index contributed by atoms with van der Waals surface area (Å²) >= 11 is 0. The van der Waals surface area contributed by atoms with Gasteiger partial charge in [-0.05, 0) is 38.7 Å². The Balaban J connectivity index is 2.24. The number of hydrogen-bond donors (Lipinski definition) is 1. The zero-order valence-corrected chi connectivity index (χ0v) is 10.1. The Morgan fingerprint density at radius 1 is 1.44 bits per heavy atom. The molecule has 4 heteroatoms. The Morgan fingerprint density at radius 2 is 2.25 bits per heavy atom. The topological polar surface area (TPSA) is 55.0 Å². The van der Waals surface area contributed by atoms with Crippen molar-refractivity contribution in [3.63, 3.8) is 0 Å². The van der Waals surface area contributed by atoms with Crippen LogP contribution in [0.2, 0.25) is 0 Å². The van der Waals surface area contributed by atoms with Gasteiger partial charge in [0.2, 0.25) is 5.95 Å². The highest BCUT2D eigenvalue weighted by Gasteiger charge is 2.17. The van der Waals surface area contributed by atoms with E-state index in [-0.39, 0.29) is 0 Å². The minimum atomic E-state index is 0.392. The third-order valence-electron chi connectivity index (χ3n) is 3.05. The summed E-state index contributed by atoms with van der Waals surface area (Å²) in [5, 5.41) is 0. The van der Waals surface area contributed by atoms with E-state index in [0.717, 1.165) is 25.3 Å². The van der Waals surface area contributed by atoms with Crippen LogP contribution in [-0.2, 0) is 12.8 Å². The molecule has 0 fully saturated rings. The van der Waals surface area contributed by atoms with E-state index >= 15 is 0 Å². The Labute approximate surface area is 96.9 Å². The molecule has 1 aliphatic rings. The Kier molecular flexibility index (Phi) is 3.39. The molecule has 88 valence electrons. The molecule has 0 saturated carbocycles. The molecule has 0 amide bonds. The maximum Gasteiger partial charge on any atom is 0.225 e. The predicted octanol–water partition coefficient (Wildman–Crippen LogP) is 1.14. The second-order valence-electron chi connectivity index (χ2n) is 4.57. The fraction of sp³-hybridized carbons (Fsp3) is 0.667. The van der Waals surface area contributed by atoms with Crippen LogP contribution < -0.4 is 10.6 Å². The van der Waals surface area contributed by atoms with Crippen molar-refractivity contribution in [3.8, 4) is 0 Å². The van der Waals surface area contributed by atoms with Crippen LogP contribution in [0, 0.1) is 0 Å². The van der Waals surface area contributed by atoms with Gasteiger partial charge in [0.25, 0.3) is 0 Å². The van der Waals surface area contributed by atoms with Crippen LogP contribution >= 0.6 is 0 Å². The quantitative estimate of drug-likeness (QED) is 0.826. The zero-order valence-electron chi connectivity index (χ0n) is 10.1. The molecular weight excluding hydrogens is 200 g/mol. The highest BCUT2D eigenvalue weighted by atomic mass is 15.3. The Hall–Kier alpha value is -1.16. The maximum atomic E-state index is 5.62. The first kappa shape index (κ1) is 11.3. The van der Waals surface area contributed by atoms with E-state index in [4.69, 9.17) is 5.73 Å². The zero-order chi connectivity index (χ0) is 11.5. The van der Waals surface area contributed by atoms with Crippen LogP contribution in [0.15, 0.2) is 6.20 Å². The van der Waals surface area contributed by atoms with Gasteiger partial charge in [-0.15, -0.1) is 0 Å². The van der Waals surface area contributed by atoms with Gasteiger partial charge in [0.15, 0.2) is 0 Å². The summed E-state index contributed by atoms with van der Waals surface area (Å²) in [5.41, 5.74) is 8.17. The van der Waals surface area contributed by atoms with Gasteiger partial charge in [-0.1, -0.05) is 0 Å². The number of nitrogens with zero attached hydrogens (tertiary/aromatic N) is 3. The van der Waals surface area contributed by atoms with Gasteiger partial charge in [-0.3, -0.25) is 0 Å². The lowest BCUT2D eigenvalue weighted by Gasteiger charge is -2.26. The summed E-state index contributed by atoms with van der Waals surface area (Å²) in [6.07, 6.45) is 5.43. The van der Waals surface area contributed by atoms with Gasteiger partial charge in [0.05, 0.1) is 0 Å². The molecule has 1 aromatic rings. The number of anilines is 1. The van der Waals surface area contributed by atoms with Gasteiger partial charge < -0.3 is 10.6 Å². The molecule has 0 atom stereocenters. The molecule has 0 bridgehead atoms. The SMILES string of the molecule is CC(C)N(CCN)c1ncc2c(n1)CCC2. The molecule has 4 nitrogen and oxygen atoms in total. The van der Waals surface area contributed by atoms with E-state index in [2.05, 4.69) is 28.7 Å². The van der Waals surface area contributed by atoms with Crippen molar-refractivity contribution in [2.24, 2.45) is 5.73 Å². The smallest absolute Gasteiger partial charge is 0.225 e. The van der Waals surface area contributed by atoms with Crippen LogP contribution in [-0.4, -0.2) is 29.1 Å². The number of aryl methyl sites for hydroxylation is 2. The first-order valence-corrected chi connectivity index (χ1v) is 6.04. The van der Waals surface area contributed by atoms with E-state index < -0.39 is 0 Å². The first-order chi connectivity index (χ1) is 7.72. The molecule has 16 heavy (non-hydrogen) atoms. The second-order valence-corrected chi connectivity index (χ2v) is 4.57. The maximum absolute atomic E-state index is 5.62. The van der Waals surface area contributed by atoms with Gasteiger partial charge >= 0.3 is 0 Å². The van der Waals surface area contributed by atoms with Crippen LogP contribution in [0.25, 0.3) is 0 Å². The van der Waals surface area contributed by atoms with Gasteiger partial charge in [0.1, 0.15) is 0 Å². The third kappa shape index (κ3) is 2.16. The first-order valence-electron chi connectivity index (χ1n) is 6.04. The predicted molar refractivity (Wildman–Crippen MR) is 65.6 cm³/mol. The van der Waals surface area contributed by atoms with Crippen molar-refractivity contribution in [3.05, 3.63) is 17.5 Å². The number of fused-ring (bicyclic) bond motifs is 1. The second kappa shape index (κ2) is 4.78. The fourth-order valence-electron chi connectivity index (χ4n) is 2.17. The molecule has 0 aromatic carbocycles. The number of nitrogens with two attached hydrogens (primary N) is 1. The van der Waals surface area contributed by atoms with E-state index in [0.29, 0.717) is 12.6 Å². The average Bonchev–Trinajstić information content (AvgIpc) is 2.72. The van der Waals surface area contributed by atoms with Crippen LogP contribution in [0.4, 0.5) is 5.95 Å². The number of hydrogen-bond acceptors (Lipinski definition) is 4. The van der Waals surface area contributed by atoms with E-state index in [9.17, 15) is 0 Å². The molecule has 2 N–H and O–H groups in total. The van der Waals surface area contributed by atoms with Crippen molar-refractivity contribution in [1.82, 2.24) is 9.97 Å². The van der Waals surface area contributed by atoms with E-state index in [1.165, 1.54) is 17.7 Å². The summed E-state index contributed by atoms with van der Waals surface area (Å²) in [7, 11) is 0. The van der Waals surface area contributed by atoms with Crippen molar-refractivity contribution < 1.29 is 0 Å². The summed E-state index contributed by atoms with van der Waals surface area (Å²) < 4.78 is 0. The number of aromatic nitrogens is 2. The van der Waals surface area contributed by atoms with Crippen molar-refractivity contribution in [1.29, 1.82) is 0 Å². The molecular formula is C12H20N4. The molecule has 0 unspecified atom stereocenters. The van der Waals surface area contributed by atoms with Crippen LogP contribution in [0.1, 0.15) is 31.5 Å². The standard InChI is InChI=1S/C12H20N4/c1-9(2)16(7-6-13)12-14-8-10-4-3-5-11(10)15-12/h8-9H,3-7,13H2,1-2H3. The highest BCUT2D eigenvalue weighted by molar-refractivity contribution is 5.35. The van der Waals surface area contributed by atoms with Crippen LogP contribution in [0.5, 0.6) is 0 Å². The Morgan fingerprint density at radius 3 is 2.94 bits per heavy atom. The van der Waals surface area contributed by atoms with Crippen molar-refractivity contribution in [2.75, 3.05) is 18.0 Å². The lowest BCUT2D eigenvalue weighted by Crippen LogP contribution is -2.36. The highest BCUT2D eigenvalue weighted by Crippen LogP contribution is 2.21. The molecule has 0 saturated heterocycles. The molecule has 1 heterocycles. The minimum absolute atomic E-state index is 0.392. The third-order valence-corrected chi connectivity index (χ3v) is 3.05. The molecule has 1 aliphatic carbocycles. The fourth-order valence-corrected chi connectivity index (χ4v) is 2.17. The van der Waals surface area contributed by atoms with Gasteiger partial charge in [-0.2, -0.15) is 0 Å². The van der Waals surface area contributed by atoms with E-state index in [1.807, 2.05) is 6.20 Å².